The maximum atomic E-state index is 11.6. The van der Waals surface area contributed by atoms with Crippen LogP contribution in [0.15, 0.2) is 97.0 Å². The van der Waals surface area contributed by atoms with E-state index in [4.69, 9.17) is 0 Å². The SMILES string of the molecule is OC1(c2ccccc2)C[n+]2cccnc2N1C1=CC=CC=CC=C1. The smallest absolute Gasteiger partial charge is 0.352 e. The number of hydrogen-bond acceptors (Lipinski definition) is 3. The van der Waals surface area contributed by atoms with Crippen LogP contribution in [0.4, 0.5) is 5.95 Å². The molecule has 1 aliphatic carbocycles. The first kappa shape index (κ1) is 14.6. The minimum atomic E-state index is -1.18. The largest absolute Gasteiger partial charge is 0.401 e. The third kappa shape index (κ3) is 2.37. The van der Waals surface area contributed by atoms with Gasteiger partial charge in [0.15, 0.2) is 0 Å². The summed E-state index contributed by atoms with van der Waals surface area (Å²) in [6, 6.07) is 11.6. The van der Waals surface area contributed by atoms with Crippen molar-refractivity contribution in [2.45, 2.75) is 12.3 Å². The molecule has 4 rings (SSSR count). The van der Waals surface area contributed by atoms with Crippen molar-refractivity contribution in [1.82, 2.24) is 4.98 Å². The molecule has 0 amide bonds. The van der Waals surface area contributed by atoms with Crippen LogP contribution in [-0.2, 0) is 12.3 Å². The molecule has 4 nitrogen and oxygen atoms in total. The number of fused-ring (bicyclic) bond motifs is 1. The van der Waals surface area contributed by atoms with Gasteiger partial charge in [-0.25, -0.2) is 4.57 Å². The molecule has 0 fully saturated rings. The van der Waals surface area contributed by atoms with Crippen LogP contribution in [0.1, 0.15) is 5.56 Å². The number of aromatic nitrogens is 2. The van der Waals surface area contributed by atoms with Crippen molar-refractivity contribution < 1.29 is 9.67 Å². The third-order valence-corrected chi connectivity index (χ3v) is 4.23. The molecule has 0 saturated heterocycles. The Morgan fingerprint density at radius 1 is 1.00 bits per heavy atom. The van der Waals surface area contributed by atoms with Crippen molar-refractivity contribution in [2.24, 2.45) is 0 Å². The minimum absolute atomic E-state index is 0.422. The average molecular weight is 316 g/mol. The molecule has 1 atom stereocenters. The number of benzene rings is 1. The van der Waals surface area contributed by atoms with Crippen molar-refractivity contribution in [3.05, 3.63) is 103 Å². The molecule has 0 radical (unpaired) electrons. The van der Waals surface area contributed by atoms with E-state index in [1.807, 2.05) is 94.6 Å². The summed E-state index contributed by atoms with van der Waals surface area (Å²) in [5.74, 6) is 0.720. The van der Waals surface area contributed by atoms with Crippen LogP contribution in [-0.4, -0.2) is 10.1 Å². The molecule has 0 bridgehead atoms. The summed E-state index contributed by atoms with van der Waals surface area (Å²) in [7, 11) is 0. The maximum Gasteiger partial charge on any atom is 0.401 e. The molecular formula is C20H18N3O+. The Morgan fingerprint density at radius 3 is 2.67 bits per heavy atom. The molecule has 2 heterocycles. The third-order valence-electron chi connectivity index (χ3n) is 4.23. The molecule has 1 N–H and O–H groups in total. The highest BCUT2D eigenvalue weighted by Gasteiger charge is 2.52. The highest BCUT2D eigenvalue weighted by Crippen LogP contribution is 2.37. The van der Waals surface area contributed by atoms with E-state index in [1.165, 1.54) is 0 Å². The summed E-state index contributed by atoms with van der Waals surface area (Å²) < 4.78 is 1.97. The lowest BCUT2D eigenvalue weighted by molar-refractivity contribution is -0.685. The number of rotatable bonds is 2. The second-order valence-electron chi connectivity index (χ2n) is 5.79. The van der Waals surface area contributed by atoms with Crippen molar-refractivity contribution in [2.75, 3.05) is 4.90 Å². The van der Waals surface area contributed by atoms with Crippen LogP contribution < -0.4 is 9.47 Å². The molecule has 1 aliphatic heterocycles. The fraction of sp³-hybridized carbons (Fsp3) is 0.100. The highest BCUT2D eigenvalue weighted by atomic mass is 16.3. The summed E-state index contributed by atoms with van der Waals surface area (Å²) in [4.78, 5) is 6.39. The summed E-state index contributed by atoms with van der Waals surface area (Å²) >= 11 is 0. The van der Waals surface area contributed by atoms with E-state index in [0.29, 0.717) is 6.54 Å². The van der Waals surface area contributed by atoms with Gasteiger partial charge in [-0.1, -0.05) is 65.7 Å². The minimum Gasteiger partial charge on any atom is -0.352 e. The van der Waals surface area contributed by atoms with Gasteiger partial charge >= 0.3 is 5.95 Å². The number of allylic oxidation sites excluding steroid dienone is 7. The predicted molar refractivity (Wildman–Crippen MR) is 92.8 cm³/mol. The molecule has 0 saturated carbocycles. The predicted octanol–water partition coefficient (Wildman–Crippen LogP) is 2.60. The van der Waals surface area contributed by atoms with Gasteiger partial charge in [-0.3, -0.25) is 0 Å². The zero-order valence-corrected chi connectivity index (χ0v) is 13.2. The molecule has 4 heteroatoms. The molecule has 1 aromatic heterocycles. The normalized spacial score (nSPS) is 22.0. The zero-order chi connectivity index (χ0) is 16.4. The van der Waals surface area contributed by atoms with E-state index in [-0.39, 0.29) is 0 Å². The zero-order valence-electron chi connectivity index (χ0n) is 13.2. The molecule has 0 spiro atoms. The number of hydrogen-bond donors (Lipinski definition) is 1. The van der Waals surface area contributed by atoms with Gasteiger partial charge in [-0.15, -0.1) is 0 Å². The lowest BCUT2D eigenvalue weighted by Gasteiger charge is -2.28. The Morgan fingerprint density at radius 2 is 1.79 bits per heavy atom. The van der Waals surface area contributed by atoms with Crippen LogP contribution in [0, 0.1) is 0 Å². The number of anilines is 1. The van der Waals surface area contributed by atoms with Gasteiger partial charge in [0.05, 0.1) is 6.20 Å². The van der Waals surface area contributed by atoms with Crippen LogP contribution in [0.2, 0.25) is 0 Å². The Labute approximate surface area is 141 Å². The quantitative estimate of drug-likeness (QED) is 0.866. The van der Waals surface area contributed by atoms with Gasteiger partial charge in [0.25, 0.3) is 0 Å². The van der Waals surface area contributed by atoms with E-state index in [0.717, 1.165) is 17.2 Å². The first-order valence-corrected chi connectivity index (χ1v) is 7.93. The van der Waals surface area contributed by atoms with Crippen LogP contribution in [0.25, 0.3) is 0 Å². The Kier molecular flexibility index (Phi) is 3.59. The van der Waals surface area contributed by atoms with E-state index >= 15 is 0 Å². The van der Waals surface area contributed by atoms with E-state index < -0.39 is 5.72 Å². The second-order valence-corrected chi connectivity index (χ2v) is 5.79. The standard InChI is InChI=1S/C20H18N3O/c24-20(17-10-5-4-6-11-17)16-22-15-9-14-21-19(22)23(20)18-12-7-2-1-3-8-13-18/h1-15,24H,16H2/q+1. The summed E-state index contributed by atoms with van der Waals surface area (Å²) in [5, 5.41) is 11.6. The maximum absolute atomic E-state index is 11.6. The molecule has 24 heavy (non-hydrogen) atoms. The van der Waals surface area contributed by atoms with E-state index in [1.54, 1.807) is 6.20 Å². The molecule has 1 unspecified atom stereocenters. The van der Waals surface area contributed by atoms with Crippen molar-refractivity contribution in [1.29, 1.82) is 0 Å². The lowest BCUT2D eigenvalue weighted by Crippen LogP contribution is -2.45. The highest BCUT2D eigenvalue weighted by molar-refractivity contribution is 5.51. The van der Waals surface area contributed by atoms with E-state index in [9.17, 15) is 5.11 Å². The van der Waals surface area contributed by atoms with Gasteiger partial charge < -0.3 is 5.11 Å². The van der Waals surface area contributed by atoms with Gasteiger partial charge in [0.2, 0.25) is 5.72 Å². The van der Waals surface area contributed by atoms with Crippen molar-refractivity contribution >= 4 is 5.95 Å². The van der Waals surface area contributed by atoms with Crippen molar-refractivity contribution in [3.8, 4) is 0 Å². The van der Waals surface area contributed by atoms with Gasteiger partial charge in [0, 0.05) is 11.6 Å². The molecule has 118 valence electrons. The Balaban J connectivity index is 1.89. The first-order valence-electron chi connectivity index (χ1n) is 7.93. The molecular weight excluding hydrogens is 298 g/mol. The van der Waals surface area contributed by atoms with E-state index in [2.05, 4.69) is 4.98 Å². The summed E-state index contributed by atoms with van der Waals surface area (Å²) in [6.07, 6.45) is 17.5. The average Bonchev–Trinajstić information content (AvgIpc) is 2.89. The van der Waals surface area contributed by atoms with Gasteiger partial charge in [0.1, 0.15) is 18.4 Å². The monoisotopic (exact) mass is 316 g/mol. The van der Waals surface area contributed by atoms with Crippen LogP contribution in [0.5, 0.6) is 0 Å². The second kappa shape index (κ2) is 5.91. The fourth-order valence-electron chi connectivity index (χ4n) is 3.14. The Bertz CT molecular complexity index is 867. The molecule has 1 aromatic carbocycles. The molecule has 2 aliphatic rings. The van der Waals surface area contributed by atoms with Gasteiger partial charge in [-0.05, 0) is 12.2 Å². The topological polar surface area (TPSA) is 40.2 Å². The first-order chi connectivity index (χ1) is 11.8. The summed E-state index contributed by atoms with van der Waals surface area (Å²) in [5.41, 5.74) is 0.536. The lowest BCUT2D eigenvalue weighted by atomic mass is 10.0. The van der Waals surface area contributed by atoms with Crippen LogP contribution >= 0.6 is 0 Å². The number of nitrogens with zero attached hydrogens (tertiary/aromatic N) is 3. The van der Waals surface area contributed by atoms with Gasteiger partial charge in [-0.2, -0.15) is 4.90 Å². The Hall–Kier alpha value is -2.98. The molecule has 2 aromatic rings. The van der Waals surface area contributed by atoms with Crippen molar-refractivity contribution in [3.63, 3.8) is 0 Å². The van der Waals surface area contributed by atoms with Crippen LogP contribution in [0.3, 0.4) is 0 Å². The summed E-state index contributed by atoms with van der Waals surface area (Å²) in [6.45, 7) is 0.422. The fourth-order valence-corrected chi connectivity index (χ4v) is 3.14. The number of aliphatic hydroxyl groups is 1.